The van der Waals surface area contributed by atoms with E-state index in [1.807, 2.05) is 34.1 Å². The molecule has 0 amide bonds. The van der Waals surface area contributed by atoms with Crippen molar-refractivity contribution in [1.82, 2.24) is 15.4 Å². The van der Waals surface area contributed by atoms with Gasteiger partial charge in [0.1, 0.15) is 0 Å². The minimum absolute atomic E-state index is 0. The van der Waals surface area contributed by atoms with E-state index in [1.165, 1.54) is 0 Å². The molecule has 0 atom stereocenters. The van der Waals surface area contributed by atoms with Crippen molar-refractivity contribution in [2.45, 2.75) is 27.7 Å². The van der Waals surface area contributed by atoms with Gasteiger partial charge in [-0.05, 0) is 13.8 Å². The van der Waals surface area contributed by atoms with Gasteiger partial charge < -0.3 is 16.6 Å². The van der Waals surface area contributed by atoms with E-state index in [9.17, 15) is 0 Å². The molecule has 0 aliphatic heterocycles. The number of nitrogens with zero attached hydrogens (tertiary/aromatic N) is 3. The fourth-order valence-corrected chi connectivity index (χ4v) is 0.301. The molecule has 0 saturated heterocycles. The SMILES string of the molecule is C[CH-]C.Cc1nn[n-]c1C.[U+2]. The van der Waals surface area contributed by atoms with Gasteiger partial charge in [0.2, 0.25) is 0 Å². The molecular formula is C7H13N3U. The Morgan fingerprint density at radius 3 is 1.82 bits per heavy atom. The molecule has 0 unspecified atom stereocenters. The summed E-state index contributed by atoms with van der Waals surface area (Å²) in [7, 11) is 0. The van der Waals surface area contributed by atoms with E-state index in [-0.39, 0.29) is 31.1 Å². The number of aromatic nitrogens is 3. The summed E-state index contributed by atoms with van der Waals surface area (Å²) in [5.41, 5.74) is 1.83. The van der Waals surface area contributed by atoms with Crippen LogP contribution in [0.3, 0.4) is 0 Å². The summed E-state index contributed by atoms with van der Waals surface area (Å²) in [5.74, 6) is 0. The van der Waals surface area contributed by atoms with Crippen molar-refractivity contribution in [1.29, 1.82) is 0 Å². The van der Waals surface area contributed by atoms with E-state index in [0.29, 0.717) is 0 Å². The molecule has 1 rings (SSSR count). The van der Waals surface area contributed by atoms with Gasteiger partial charge >= 0.3 is 31.1 Å². The molecule has 3 nitrogen and oxygen atoms in total. The normalized spacial score (nSPS) is 7.64. The van der Waals surface area contributed by atoms with Gasteiger partial charge in [-0.3, -0.25) is 5.21 Å². The third-order valence-corrected chi connectivity index (χ3v) is 0.913. The molecule has 1 aromatic rings. The topological polar surface area (TPSA) is 39.9 Å². The van der Waals surface area contributed by atoms with Crippen LogP contribution >= 0.6 is 0 Å². The van der Waals surface area contributed by atoms with Crippen LogP contribution in [0.2, 0.25) is 0 Å². The van der Waals surface area contributed by atoms with Crippen LogP contribution in [-0.2, 0) is 0 Å². The van der Waals surface area contributed by atoms with Crippen molar-refractivity contribution in [2.75, 3.05) is 0 Å². The van der Waals surface area contributed by atoms with Gasteiger partial charge in [-0.15, -0.1) is 0 Å². The molecule has 0 fully saturated rings. The summed E-state index contributed by atoms with van der Waals surface area (Å²) in [6, 6.07) is 0. The van der Waals surface area contributed by atoms with Crippen LogP contribution in [0.25, 0.3) is 0 Å². The monoisotopic (exact) mass is 377 g/mol. The van der Waals surface area contributed by atoms with Gasteiger partial charge in [0.05, 0.1) is 0 Å². The quantitative estimate of drug-likeness (QED) is 0.640. The molecule has 60 valence electrons. The van der Waals surface area contributed by atoms with Crippen molar-refractivity contribution in [2.24, 2.45) is 0 Å². The van der Waals surface area contributed by atoms with Crippen LogP contribution < -0.4 is 5.10 Å². The summed E-state index contributed by atoms with van der Waals surface area (Å²) < 4.78 is 0. The Morgan fingerprint density at radius 2 is 1.73 bits per heavy atom. The van der Waals surface area contributed by atoms with Crippen molar-refractivity contribution in [3.63, 3.8) is 0 Å². The minimum atomic E-state index is 0. The van der Waals surface area contributed by atoms with Crippen molar-refractivity contribution in [3.8, 4) is 0 Å². The van der Waals surface area contributed by atoms with Crippen molar-refractivity contribution >= 4 is 0 Å². The van der Waals surface area contributed by atoms with Crippen LogP contribution in [0.4, 0.5) is 0 Å². The maximum atomic E-state index is 3.66. The van der Waals surface area contributed by atoms with Gasteiger partial charge in [0, 0.05) is 0 Å². The number of rotatable bonds is 0. The zero-order valence-corrected chi connectivity index (χ0v) is 11.6. The molecule has 0 bridgehead atoms. The largest absolute Gasteiger partial charge is 2.00 e. The predicted molar refractivity (Wildman–Crippen MR) is 40.5 cm³/mol. The van der Waals surface area contributed by atoms with E-state index >= 15 is 0 Å². The summed E-state index contributed by atoms with van der Waals surface area (Å²) in [6.45, 7) is 7.77. The Hall–Kier alpha value is 0.192. The first kappa shape index (κ1) is 13.8. The fraction of sp³-hybridized carbons (Fsp3) is 0.571. The van der Waals surface area contributed by atoms with E-state index in [1.54, 1.807) is 0 Å². The maximum Gasteiger partial charge on any atom is 2.00 e. The molecule has 4 heteroatoms. The molecule has 1 aromatic heterocycles. The third kappa shape index (κ3) is 6.58. The molecule has 0 aromatic carbocycles. The molecule has 1 heterocycles. The Labute approximate surface area is 91.7 Å². The van der Waals surface area contributed by atoms with Crippen LogP contribution in [0.15, 0.2) is 0 Å². The first-order valence-corrected chi connectivity index (χ1v) is 3.25. The van der Waals surface area contributed by atoms with Gasteiger partial charge in [0.25, 0.3) is 0 Å². The minimum Gasteiger partial charge on any atom is -0.355 e. The smallest absolute Gasteiger partial charge is 0.355 e. The molecule has 0 aliphatic rings. The molecule has 0 saturated carbocycles. The Morgan fingerprint density at radius 1 is 1.27 bits per heavy atom. The molecule has 0 N–H and O–H groups in total. The van der Waals surface area contributed by atoms with Gasteiger partial charge in [0.15, 0.2) is 0 Å². The number of hydrogen-bond donors (Lipinski definition) is 0. The van der Waals surface area contributed by atoms with Crippen LogP contribution in [0.5, 0.6) is 0 Å². The average Bonchev–Trinajstić information content (AvgIpc) is 2.19. The second-order valence-electron chi connectivity index (χ2n) is 2.04. The predicted octanol–water partition coefficient (Wildman–Crippen LogP) is 1.28. The third-order valence-electron chi connectivity index (χ3n) is 0.913. The zero-order chi connectivity index (χ0) is 7.98. The maximum absolute atomic E-state index is 3.66. The number of hydrogen-bond acceptors (Lipinski definition) is 2. The van der Waals surface area contributed by atoms with E-state index in [0.717, 1.165) is 11.4 Å². The van der Waals surface area contributed by atoms with Crippen LogP contribution in [-0.4, -0.2) is 10.3 Å². The molecular weight excluding hydrogens is 364 g/mol. The molecule has 0 spiro atoms. The van der Waals surface area contributed by atoms with Crippen LogP contribution in [0.1, 0.15) is 25.2 Å². The Bertz CT molecular complexity index is 157. The molecule has 11 heavy (non-hydrogen) atoms. The second kappa shape index (κ2) is 8.29. The van der Waals surface area contributed by atoms with E-state index in [4.69, 9.17) is 0 Å². The summed E-state index contributed by atoms with van der Waals surface area (Å²) in [5, 5.41) is 10.7. The van der Waals surface area contributed by atoms with Crippen molar-refractivity contribution < 1.29 is 31.1 Å². The summed E-state index contributed by atoms with van der Waals surface area (Å²) in [4.78, 5) is 0. The molecule has 0 radical (unpaired) electrons. The van der Waals surface area contributed by atoms with Gasteiger partial charge in [-0.2, -0.15) is 13.8 Å². The first-order valence-electron chi connectivity index (χ1n) is 3.25. The first-order chi connectivity index (χ1) is 4.72. The van der Waals surface area contributed by atoms with Gasteiger partial charge in [-0.1, -0.05) is 11.4 Å². The van der Waals surface area contributed by atoms with Crippen LogP contribution in [0, 0.1) is 51.4 Å². The summed E-state index contributed by atoms with van der Waals surface area (Å²) in [6.07, 6.45) is 2.00. The molecule has 0 aliphatic carbocycles. The van der Waals surface area contributed by atoms with Crippen molar-refractivity contribution in [3.05, 3.63) is 17.8 Å². The van der Waals surface area contributed by atoms with E-state index < -0.39 is 0 Å². The average molecular weight is 377 g/mol. The standard InChI is InChI=1S/C4H6N3.C3H7.U/c1-3-4(2)6-7-5-3;1-3-2;/h1-2H3;3H,1-2H3;/q2*-1;+2. The van der Waals surface area contributed by atoms with E-state index in [2.05, 4.69) is 15.4 Å². The van der Waals surface area contributed by atoms with Gasteiger partial charge in [-0.25, -0.2) is 0 Å². The Kier molecular flexibility index (Phi) is 10.4. The second-order valence-corrected chi connectivity index (χ2v) is 2.04. The fourth-order valence-electron chi connectivity index (χ4n) is 0.301. The summed E-state index contributed by atoms with van der Waals surface area (Å²) >= 11 is 0. The zero-order valence-electron chi connectivity index (χ0n) is 7.42. The number of aryl methyl sites for hydroxylation is 2. The Balaban J connectivity index is 0.